The minimum absolute atomic E-state index is 0.115. The predicted molar refractivity (Wildman–Crippen MR) is 112 cm³/mol. The van der Waals surface area contributed by atoms with E-state index in [9.17, 15) is 4.79 Å². The summed E-state index contributed by atoms with van der Waals surface area (Å²) in [5.41, 5.74) is 4.15. The molecule has 0 spiro atoms. The van der Waals surface area contributed by atoms with Crippen LogP contribution in [0.15, 0.2) is 35.5 Å². The number of ether oxygens (including phenoxy) is 1. The number of rotatable bonds is 9. The number of hydrogen-bond acceptors (Lipinski definition) is 6. The normalized spacial score (nSPS) is 13.6. The summed E-state index contributed by atoms with van der Waals surface area (Å²) >= 11 is 1.42. The van der Waals surface area contributed by atoms with Crippen LogP contribution in [-0.2, 0) is 13.0 Å². The number of ketones is 1. The van der Waals surface area contributed by atoms with Crippen LogP contribution in [0.25, 0.3) is 0 Å². The van der Waals surface area contributed by atoms with Crippen LogP contribution < -0.4 is 4.74 Å². The third kappa shape index (κ3) is 4.37. The Morgan fingerprint density at radius 2 is 2.00 bits per heavy atom. The van der Waals surface area contributed by atoms with Crippen molar-refractivity contribution in [3.05, 3.63) is 52.8 Å². The molecule has 7 nitrogen and oxygen atoms in total. The highest BCUT2D eigenvalue weighted by Crippen LogP contribution is 2.36. The van der Waals surface area contributed by atoms with Gasteiger partial charge in [-0.3, -0.25) is 4.79 Å². The predicted octanol–water partition coefficient (Wildman–Crippen LogP) is 3.65. The maximum atomic E-state index is 12.8. The molecule has 4 rings (SSSR count). The lowest BCUT2D eigenvalue weighted by atomic mass is 10.1. The zero-order valence-electron chi connectivity index (χ0n) is 17.0. The number of carbonyl (C=O) groups is 1. The van der Waals surface area contributed by atoms with Crippen LogP contribution in [0, 0.1) is 13.8 Å². The number of tetrazole rings is 1. The highest BCUT2D eigenvalue weighted by Gasteiger charge is 2.28. The number of thioether (sulfide) groups is 1. The molecular formula is C21H25N5O2S. The van der Waals surface area contributed by atoms with Gasteiger partial charge in [-0.2, -0.15) is 0 Å². The van der Waals surface area contributed by atoms with E-state index < -0.39 is 0 Å². The smallest absolute Gasteiger partial charge is 0.210 e. The van der Waals surface area contributed by atoms with Crippen molar-refractivity contribution in [1.29, 1.82) is 0 Å². The van der Waals surface area contributed by atoms with Crippen LogP contribution in [-0.4, -0.2) is 43.4 Å². The first-order valence-corrected chi connectivity index (χ1v) is 10.8. The van der Waals surface area contributed by atoms with E-state index in [4.69, 9.17) is 4.74 Å². The van der Waals surface area contributed by atoms with Gasteiger partial charge >= 0.3 is 0 Å². The Morgan fingerprint density at radius 1 is 1.24 bits per heavy atom. The van der Waals surface area contributed by atoms with Gasteiger partial charge in [-0.25, -0.2) is 4.68 Å². The number of aromatic nitrogens is 5. The number of benzene rings is 1. The number of hydrogen-bond donors (Lipinski definition) is 0. The van der Waals surface area contributed by atoms with E-state index in [1.54, 1.807) is 7.11 Å². The summed E-state index contributed by atoms with van der Waals surface area (Å²) in [6.45, 7) is 4.91. The Bertz CT molecular complexity index is 1000. The third-order valence-corrected chi connectivity index (χ3v) is 6.28. The molecule has 3 aromatic rings. The summed E-state index contributed by atoms with van der Waals surface area (Å²) in [5, 5.41) is 12.6. The molecule has 0 radical (unpaired) electrons. The van der Waals surface area contributed by atoms with E-state index in [0.717, 1.165) is 53.7 Å². The number of carbonyl (C=O) groups excluding carboxylic acids is 1. The van der Waals surface area contributed by atoms with Crippen molar-refractivity contribution in [3.8, 4) is 5.75 Å². The lowest BCUT2D eigenvalue weighted by molar-refractivity contribution is 0.102. The summed E-state index contributed by atoms with van der Waals surface area (Å²) < 4.78 is 9.28. The fourth-order valence-corrected chi connectivity index (χ4v) is 4.33. The molecule has 0 aliphatic heterocycles. The molecule has 29 heavy (non-hydrogen) atoms. The van der Waals surface area contributed by atoms with E-state index in [1.807, 2.05) is 29.8 Å². The van der Waals surface area contributed by atoms with Gasteiger partial charge in [-0.1, -0.05) is 23.9 Å². The standard InChI is InChI=1S/C21H25N5O2S/c1-14-12-19(20(27)13-29-21-22-23-24-26(21)17-6-7-17)15(2)25(14)11-10-16-4-8-18(28-3)9-5-16/h4-5,8-9,12,17H,6-7,10-11,13H2,1-3H3. The third-order valence-electron chi connectivity index (χ3n) is 5.34. The van der Waals surface area contributed by atoms with Crippen LogP contribution in [0.4, 0.5) is 0 Å². The van der Waals surface area contributed by atoms with Crippen molar-refractivity contribution in [2.45, 2.75) is 50.9 Å². The molecule has 8 heteroatoms. The molecule has 1 aliphatic carbocycles. The summed E-state index contributed by atoms with van der Waals surface area (Å²) in [6.07, 6.45) is 3.13. The zero-order valence-corrected chi connectivity index (χ0v) is 17.8. The Labute approximate surface area is 174 Å². The molecule has 2 aromatic heterocycles. The molecule has 152 valence electrons. The minimum atomic E-state index is 0.115. The summed E-state index contributed by atoms with van der Waals surface area (Å²) in [4.78, 5) is 12.8. The van der Waals surface area contributed by atoms with E-state index in [2.05, 4.69) is 39.1 Å². The topological polar surface area (TPSA) is 74.8 Å². The molecular weight excluding hydrogens is 386 g/mol. The van der Waals surface area contributed by atoms with Gasteiger partial charge < -0.3 is 9.30 Å². The van der Waals surface area contributed by atoms with Crippen molar-refractivity contribution >= 4 is 17.5 Å². The molecule has 1 fully saturated rings. The molecule has 2 heterocycles. The first kappa shape index (κ1) is 19.7. The number of nitrogens with zero attached hydrogens (tertiary/aromatic N) is 5. The van der Waals surface area contributed by atoms with Gasteiger partial charge in [0.05, 0.1) is 18.9 Å². The van der Waals surface area contributed by atoms with E-state index in [0.29, 0.717) is 11.8 Å². The molecule has 0 bridgehead atoms. The van der Waals surface area contributed by atoms with Crippen molar-refractivity contribution < 1.29 is 9.53 Å². The molecule has 1 aromatic carbocycles. The van der Waals surface area contributed by atoms with E-state index in [1.165, 1.54) is 17.3 Å². The van der Waals surface area contributed by atoms with Crippen LogP contribution in [0.2, 0.25) is 0 Å². The fourth-order valence-electron chi connectivity index (χ4n) is 3.50. The Hall–Kier alpha value is -2.61. The second kappa shape index (κ2) is 8.41. The van der Waals surface area contributed by atoms with Gasteiger partial charge in [0.15, 0.2) is 5.78 Å². The molecule has 1 aliphatic rings. The monoisotopic (exact) mass is 411 g/mol. The summed E-state index contributed by atoms with van der Waals surface area (Å²) in [5.74, 6) is 1.32. The zero-order chi connectivity index (χ0) is 20.4. The highest BCUT2D eigenvalue weighted by atomic mass is 32.2. The van der Waals surface area contributed by atoms with Gasteiger partial charge in [0.1, 0.15) is 5.75 Å². The first-order chi connectivity index (χ1) is 14.1. The number of methoxy groups -OCH3 is 1. The van der Waals surface area contributed by atoms with Crippen molar-refractivity contribution in [1.82, 2.24) is 24.8 Å². The summed E-state index contributed by atoms with van der Waals surface area (Å²) in [7, 11) is 1.67. The number of aryl methyl sites for hydroxylation is 2. The van der Waals surface area contributed by atoms with Crippen LogP contribution >= 0.6 is 11.8 Å². The molecule has 0 N–H and O–H groups in total. The maximum absolute atomic E-state index is 12.8. The van der Waals surface area contributed by atoms with Crippen LogP contribution in [0.5, 0.6) is 5.75 Å². The fraction of sp³-hybridized carbons (Fsp3) is 0.429. The van der Waals surface area contributed by atoms with Crippen LogP contribution in [0.1, 0.15) is 46.2 Å². The Balaban J connectivity index is 1.40. The van der Waals surface area contributed by atoms with Crippen LogP contribution in [0.3, 0.4) is 0 Å². The maximum Gasteiger partial charge on any atom is 0.210 e. The van der Waals surface area contributed by atoms with E-state index >= 15 is 0 Å². The molecule has 0 amide bonds. The van der Waals surface area contributed by atoms with Gasteiger partial charge in [0.2, 0.25) is 5.16 Å². The lowest BCUT2D eigenvalue weighted by Crippen LogP contribution is -2.09. The molecule has 0 saturated heterocycles. The van der Waals surface area contributed by atoms with Crippen molar-refractivity contribution in [3.63, 3.8) is 0 Å². The highest BCUT2D eigenvalue weighted by molar-refractivity contribution is 7.99. The Kier molecular flexibility index (Phi) is 5.71. The average molecular weight is 412 g/mol. The quantitative estimate of drug-likeness (QED) is 0.395. The molecule has 0 unspecified atom stereocenters. The van der Waals surface area contributed by atoms with Gasteiger partial charge in [0, 0.05) is 23.5 Å². The first-order valence-electron chi connectivity index (χ1n) is 9.80. The Morgan fingerprint density at radius 3 is 2.69 bits per heavy atom. The van der Waals surface area contributed by atoms with E-state index in [-0.39, 0.29) is 5.78 Å². The SMILES string of the molecule is COc1ccc(CCn2c(C)cc(C(=O)CSc3nnnn3C3CC3)c2C)cc1. The lowest BCUT2D eigenvalue weighted by Gasteiger charge is -2.10. The van der Waals surface area contributed by atoms with Crippen molar-refractivity contribution in [2.24, 2.45) is 0 Å². The van der Waals surface area contributed by atoms with Gasteiger partial charge in [0.25, 0.3) is 0 Å². The number of Topliss-reactive ketones (excluding diaryl/α,β-unsaturated/α-hetero) is 1. The second-order valence-corrected chi connectivity index (χ2v) is 8.33. The molecule has 1 saturated carbocycles. The summed E-state index contributed by atoms with van der Waals surface area (Å²) in [6, 6.07) is 10.5. The molecule has 0 atom stereocenters. The van der Waals surface area contributed by atoms with Gasteiger partial charge in [-0.15, -0.1) is 5.10 Å². The van der Waals surface area contributed by atoms with Gasteiger partial charge in [-0.05, 0) is 67.3 Å². The largest absolute Gasteiger partial charge is 0.497 e. The second-order valence-electron chi connectivity index (χ2n) is 7.38. The minimum Gasteiger partial charge on any atom is -0.497 e. The average Bonchev–Trinajstić information content (AvgIpc) is 3.40. The van der Waals surface area contributed by atoms with Crippen molar-refractivity contribution in [2.75, 3.05) is 12.9 Å².